The van der Waals surface area contributed by atoms with Crippen LogP contribution in [-0.2, 0) is 14.3 Å². The first-order valence-electron chi connectivity index (χ1n) is 8.99. The molecule has 1 aromatic carbocycles. The van der Waals surface area contributed by atoms with Crippen molar-refractivity contribution >= 4 is 28.7 Å². The SMILES string of the molecule is COC(=O)c1cccc(C2(C)SC(CC3CC4CCC3C4)=NC2=O)c1. The van der Waals surface area contributed by atoms with Crippen LogP contribution in [0, 0.1) is 17.8 Å². The Morgan fingerprint density at radius 1 is 1.36 bits per heavy atom. The Morgan fingerprint density at radius 2 is 2.20 bits per heavy atom. The summed E-state index contributed by atoms with van der Waals surface area (Å²) in [6.07, 6.45) is 6.34. The summed E-state index contributed by atoms with van der Waals surface area (Å²) in [6, 6.07) is 7.16. The number of benzene rings is 1. The van der Waals surface area contributed by atoms with Crippen LogP contribution >= 0.6 is 11.8 Å². The second kappa shape index (κ2) is 6.27. The van der Waals surface area contributed by atoms with Gasteiger partial charge in [0.1, 0.15) is 4.75 Å². The summed E-state index contributed by atoms with van der Waals surface area (Å²) in [6.45, 7) is 1.91. The average molecular weight is 357 g/mol. The second-order valence-electron chi connectivity index (χ2n) is 7.66. The minimum absolute atomic E-state index is 0.113. The predicted octanol–water partition coefficient (Wildman–Crippen LogP) is 4.19. The zero-order valence-electron chi connectivity index (χ0n) is 14.7. The van der Waals surface area contributed by atoms with E-state index < -0.39 is 4.75 Å². The topological polar surface area (TPSA) is 55.7 Å². The summed E-state index contributed by atoms with van der Waals surface area (Å²) in [5.74, 6) is 1.93. The van der Waals surface area contributed by atoms with Crippen molar-refractivity contribution in [2.24, 2.45) is 22.7 Å². The van der Waals surface area contributed by atoms with Crippen molar-refractivity contribution < 1.29 is 14.3 Å². The van der Waals surface area contributed by atoms with Crippen molar-refractivity contribution in [1.82, 2.24) is 0 Å². The number of carbonyl (C=O) groups is 2. The minimum atomic E-state index is -0.739. The van der Waals surface area contributed by atoms with Crippen LogP contribution in [-0.4, -0.2) is 24.0 Å². The number of carbonyl (C=O) groups excluding carboxylic acids is 2. The molecule has 4 atom stereocenters. The molecular weight excluding hydrogens is 334 g/mol. The fraction of sp³-hybridized carbons (Fsp3) is 0.550. The molecule has 0 radical (unpaired) electrons. The van der Waals surface area contributed by atoms with Gasteiger partial charge in [0.2, 0.25) is 0 Å². The molecule has 1 heterocycles. The second-order valence-corrected chi connectivity index (χ2v) is 9.15. The zero-order valence-corrected chi connectivity index (χ0v) is 15.5. The fourth-order valence-corrected chi connectivity index (χ4v) is 5.98. The van der Waals surface area contributed by atoms with Gasteiger partial charge < -0.3 is 4.74 Å². The van der Waals surface area contributed by atoms with Gasteiger partial charge in [0, 0.05) is 0 Å². The summed E-state index contributed by atoms with van der Waals surface area (Å²) in [5, 5.41) is 0.966. The maximum absolute atomic E-state index is 12.7. The Bertz CT molecular complexity index is 759. The van der Waals surface area contributed by atoms with Gasteiger partial charge in [0.25, 0.3) is 5.91 Å². The van der Waals surface area contributed by atoms with Crippen LogP contribution in [0.3, 0.4) is 0 Å². The molecule has 1 aromatic rings. The molecule has 5 heteroatoms. The number of thioether (sulfide) groups is 1. The van der Waals surface area contributed by atoms with E-state index in [0.29, 0.717) is 11.5 Å². The third-order valence-corrected chi connectivity index (χ3v) is 7.42. The van der Waals surface area contributed by atoms with Crippen LogP contribution in [0.1, 0.15) is 54.9 Å². The maximum atomic E-state index is 12.7. The number of rotatable bonds is 4. The lowest BCUT2D eigenvalue weighted by Crippen LogP contribution is -2.24. The van der Waals surface area contributed by atoms with Crippen LogP contribution in [0.5, 0.6) is 0 Å². The van der Waals surface area contributed by atoms with Crippen molar-refractivity contribution in [3.8, 4) is 0 Å². The molecule has 4 unspecified atom stereocenters. The van der Waals surface area contributed by atoms with Gasteiger partial charge in [-0.15, -0.1) is 0 Å². The van der Waals surface area contributed by atoms with Gasteiger partial charge in [-0.25, -0.2) is 9.79 Å². The van der Waals surface area contributed by atoms with Crippen LogP contribution in [0.2, 0.25) is 0 Å². The van der Waals surface area contributed by atoms with Gasteiger partial charge in [-0.3, -0.25) is 4.79 Å². The molecule has 1 aliphatic heterocycles. The van der Waals surface area contributed by atoms with Gasteiger partial charge in [0.15, 0.2) is 0 Å². The Labute approximate surface area is 152 Å². The molecule has 0 N–H and O–H groups in total. The number of methoxy groups -OCH3 is 1. The molecule has 4 nitrogen and oxygen atoms in total. The molecule has 0 aromatic heterocycles. The number of ether oxygens (including phenoxy) is 1. The van der Waals surface area contributed by atoms with E-state index in [0.717, 1.165) is 28.9 Å². The first-order valence-corrected chi connectivity index (χ1v) is 9.81. The van der Waals surface area contributed by atoms with Crippen molar-refractivity contribution in [1.29, 1.82) is 0 Å². The van der Waals surface area contributed by atoms with Crippen molar-refractivity contribution in [3.05, 3.63) is 35.4 Å². The third-order valence-electron chi connectivity index (χ3n) is 6.11. The van der Waals surface area contributed by atoms with Crippen molar-refractivity contribution in [2.45, 2.75) is 43.8 Å². The summed E-state index contributed by atoms with van der Waals surface area (Å²) in [5.41, 5.74) is 1.29. The van der Waals surface area contributed by atoms with E-state index in [1.165, 1.54) is 32.8 Å². The molecule has 132 valence electrons. The fourth-order valence-electron chi connectivity index (χ4n) is 4.70. The minimum Gasteiger partial charge on any atom is -0.465 e. The number of fused-ring (bicyclic) bond motifs is 2. The molecule has 25 heavy (non-hydrogen) atoms. The molecule has 2 bridgehead atoms. The molecule has 0 spiro atoms. The van der Waals surface area contributed by atoms with Gasteiger partial charge in [-0.05, 0) is 68.1 Å². The third kappa shape index (κ3) is 2.92. The molecule has 2 fully saturated rings. The Kier molecular flexibility index (Phi) is 4.22. The first kappa shape index (κ1) is 16.8. The quantitative estimate of drug-likeness (QED) is 0.758. The Morgan fingerprint density at radius 3 is 2.88 bits per heavy atom. The van der Waals surface area contributed by atoms with Crippen molar-refractivity contribution in [3.63, 3.8) is 0 Å². The lowest BCUT2D eigenvalue weighted by molar-refractivity contribution is -0.119. The Balaban J connectivity index is 1.51. The van der Waals surface area contributed by atoms with Crippen LogP contribution < -0.4 is 0 Å². The normalized spacial score (nSPS) is 33.6. The zero-order chi connectivity index (χ0) is 17.6. The average Bonchev–Trinajstić information content (AvgIpc) is 3.30. The largest absolute Gasteiger partial charge is 0.465 e. The summed E-state index contributed by atoms with van der Waals surface area (Å²) in [7, 11) is 1.36. The monoisotopic (exact) mass is 357 g/mol. The summed E-state index contributed by atoms with van der Waals surface area (Å²) in [4.78, 5) is 28.8. The van der Waals surface area contributed by atoms with E-state index in [-0.39, 0.29) is 11.9 Å². The number of nitrogens with zero attached hydrogens (tertiary/aromatic N) is 1. The summed E-state index contributed by atoms with van der Waals surface area (Å²) >= 11 is 1.56. The lowest BCUT2D eigenvalue weighted by Gasteiger charge is -2.23. The molecule has 0 saturated heterocycles. The van der Waals surface area contributed by atoms with E-state index in [2.05, 4.69) is 4.99 Å². The van der Waals surface area contributed by atoms with E-state index >= 15 is 0 Å². The Hall–Kier alpha value is -1.62. The van der Waals surface area contributed by atoms with Crippen LogP contribution in [0.15, 0.2) is 29.3 Å². The first-order chi connectivity index (χ1) is 12.0. The highest BCUT2D eigenvalue weighted by Crippen LogP contribution is 2.52. The van der Waals surface area contributed by atoms with E-state index in [1.54, 1.807) is 30.0 Å². The highest BCUT2D eigenvalue weighted by molar-refractivity contribution is 8.15. The lowest BCUT2D eigenvalue weighted by atomic mass is 9.87. The highest BCUT2D eigenvalue weighted by Gasteiger charge is 2.45. The van der Waals surface area contributed by atoms with Gasteiger partial charge in [-0.2, -0.15) is 0 Å². The van der Waals surface area contributed by atoms with Crippen LogP contribution in [0.4, 0.5) is 0 Å². The number of hydrogen-bond acceptors (Lipinski definition) is 4. The summed E-state index contributed by atoms with van der Waals surface area (Å²) < 4.78 is 4.05. The number of esters is 1. The standard InChI is InChI=1S/C20H23NO3S/c1-20(16-5-3-4-14(10-16)18(22)24-2)19(23)21-17(25-20)11-15-9-12-6-7-13(15)8-12/h3-5,10,12-13,15H,6-9,11H2,1-2H3. The molecule has 4 rings (SSSR count). The van der Waals surface area contributed by atoms with Gasteiger partial charge >= 0.3 is 5.97 Å². The molecule has 3 aliphatic rings. The molecule has 2 aliphatic carbocycles. The van der Waals surface area contributed by atoms with E-state index in [1.807, 2.05) is 13.0 Å². The maximum Gasteiger partial charge on any atom is 0.337 e. The molecule has 2 saturated carbocycles. The molecule has 1 amide bonds. The predicted molar refractivity (Wildman–Crippen MR) is 98.7 cm³/mol. The number of amides is 1. The van der Waals surface area contributed by atoms with Crippen LogP contribution in [0.25, 0.3) is 0 Å². The molecular formula is C20H23NO3S. The van der Waals surface area contributed by atoms with E-state index in [9.17, 15) is 9.59 Å². The van der Waals surface area contributed by atoms with Crippen molar-refractivity contribution in [2.75, 3.05) is 7.11 Å². The number of aliphatic imine (C=N–C) groups is 1. The number of hydrogen-bond donors (Lipinski definition) is 0. The highest BCUT2D eigenvalue weighted by atomic mass is 32.2. The van der Waals surface area contributed by atoms with E-state index in [4.69, 9.17) is 4.74 Å². The van der Waals surface area contributed by atoms with Gasteiger partial charge in [-0.1, -0.05) is 30.3 Å². The van der Waals surface area contributed by atoms with Gasteiger partial charge in [0.05, 0.1) is 17.7 Å². The smallest absolute Gasteiger partial charge is 0.337 e.